The molecule has 2 aliphatic rings. The van der Waals surface area contributed by atoms with Crippen molar-refractivity contribution < 1.29 is 9.53 Å². The molecule has 1 aliphatic carbocycles. The number of cyclic esters (lactones) is 1. The molecule has 0 atom stereocenters. The van der Waals surface area contributed by atoms with Crippen molar-refractivity contribution in [3.63, 3.8) is 0 Å². The molecule has 1 heterocycles. The van der Waals surface area contributed by atoms with Crippen LogP contribution in [0.5, 0.6) is 0 Å². The summed E-state index contributed by atoms with van der Waals surface area (Å²) in [4.78, 5) is 16.5. The van der Waals surface area contributed by atoms with E-state index < -0.39 is 0 Å². The van der Waals surface area contributed by atoms with Gasteiger partial charge in [0.25, 0.3) is 0 Å². The van der Waals surface area contributed by atoms with Crippen molar-refractivity contribution in [1.82, 2.24) is 0 Å². The first-order valence-corrected chi connectivity index (χ1v) is 8.26. The van der Waals surface area contributed by atoms with Crippen LogP contribution in [0, 0.1) is 5.92 Å². The van der Waals surface area contributed by atoms with Gasteiger partial charge in [-0.3, -0.25) is 0 Å². The molecule has 3 rings (SSSR count). The second-order valence-corrected chi connectivity index (χ2v) is 6.53. The molecule has 0 bridgehead atoms. The van der Waals surface area contributed by atoms with E-state index in [9.17, 15) is 4.79 Å². The lowest BCUT2D eigenvalue weighted by Gasteiger charge is -2.19. The first-order valence-electron chi connectivity index (χ1n) is 8.26. The molecule has 1 fully saturated rings. The van der Waals surface area contributed by atoms with Gasteiger partial charge in [-0.1, -0.05) is 57.4 Å². The van der Waals surface area contributed by atoms with Crippen LogP contribution in [-0.4, -0.2) is 11.9 Å². The van der Waals surface area contributed by atoms with E-state index in [1.807, 2.05) is 18.2 Å². The van der Waals surface area contributed by atoms with Gasteiger partial charge in [0.15, 0.2) is 5.70 Å². The third-order valence-electron chi connectivity index (χ3n) is 4.50. The Hall–Kier alpha value is -1.90. The minimum atomic E-state index is -0.312. The summed E-state index contributed by atoms with van der Waals surface area (Å²) in [6, 6.07) is 8.26. The fourth-order valence-corrected chi connectivity index (χ4v) is 3.08. The quantitative estimate of drug-likeness (QED) is 0.600. The van der Waals surface area contributed by atoms with Crippen LogP contribution in [-0.2, 0) is 9.53 Å². The Bertz CT molecular complexity index is 605. The Morgan fingerprint density at radius 3 is 2.45 bits per heavy atom. The third kappa shape index (κ3) is 3.29. The molecule has 0 aromatic heterocycles. The van der Waals surface area contributed by atoms with Crippen molar-refractivity contribution in [3.8, 4) is 0 Å². The molecule has 0 spiro atoms. The summed E-state index contributed by atoms with van der Waals surface area (Å²) < 4.78 is 5.39. The zero-order valence-corrected chi connectivity index (χ0v) is 13.3. The molecule has 0 N–H and O–H groups in total. The van der Waals surface area contributed by atoms with E-state index in [4.69, 9.17) is 4.74 Å². The molecular weight excluding hydrogens is 274 g/mol. The van der Waals surface area contributed by atoms with Gasteiger partial charge in [0, 0.05) is 5.92 Å². The number of hydrogen-bond donors (Lipinski definition) is 0. The zero-order valence-electron chi connectivity index (χ0n) is 13.3. The largest absolute Gasteiger partial charge is 0.406 e. The minimum Gasteiger partial charge on any atom is -0.406 e. The molecule has 0 unspecified atom stereocenters. The zero-order chi connectivity index (χ0) is 15.5. The highest BCUT2D eigenvalue weighted by Crippen LogP contribution is 2.29. The summed E-state index contributed by atoms with van der Waals surface area (Å²) in [5, 5.41) is 0. The number of benzene rings is 1. The SMILES string of the molecule is CC(C)c1ccc(/C=C2/N=C(C3CCCCC3)OC2=O)cc1. The summed E-state index contributed by atoms with van der Waals surface area (Å²) in [5.41, 5.74) is 2.71. The van der Waals surface area contributed by atoms with Crippen molar-refractivity contribution >= 4 is 17.9 Å². The number of esters is 1. The van der Waals surface area contributed by atoms with Gasteiger partial charge >= 0.3 is 5.97 Å². The molecule has 0 amide bonds. The van der Waals surface area contributed by atoms with Gasteiger partial charge in [0.05, 0.1) is 0 Å². The van der Waals surface area contributed by atoms with Gasteiger partial charge < -0.3 is 4.74 Å². The van der Waals surface area contributed by atoms with E-state index in [1.165, 1.54) is 24.8 Å². The topological polar surface area (TPSA) is 38.7 Å². The van der Waals surface area contributed by atoms with Crippen LogP contribution >= 0.6 is 0 Å². The fourth-order valence-electron chi connectivity index (χ4n) is 3.08. The van der Waals surface area contributed by atoms with Crippen molar-refractivity contribution in [2.45, 2.75) is 51.9 Å². The lowest BCUT2D eigenvalue weighted by molar-refractivity contribution is -0.130. The standard InChI is InChI=1S/C19H23NO2/c1-13(2)15-10-8-14(9-11-15)12-17-19(21)22-18(20-17)16-6-4-3-5-7-16/h8-13,16H,3-7H2,1-2H3/b17-12+. The van der Waals surface area contributed by atoms with Crippen LogP contribution in [0.4, 0.5) is 0 Å². The van der Waals surface area contributed by atoms with E-state index in [2.05, 4.69) is 31.0 Å². The molecule has 3 nitrogen and oxygen atoms in total. The smallest absolute Gasteiger partial charge is 0.363 e. The van der Waals surface area contributed by atoms with Crippen LogP contribution in [0.25, 0.3) is 6.08 Å². The first kappa shape index (κ1) is 15.0. The predicted octanol–water partition coefficient (Wildman–Crippen LogP) is 4.69. The molecule has 0 radical (unpaired) electrons. The number of hydrogen-bond acceptors (Lipinski definition) is 3. The predicted molar refractivity (Wildman–Crippen MR) is 88.6 cm³/mol. The highest BCUT2D eigenvalue weighted by molar-refractivity contribution is 6.07. The maximum absolute atomic E-state index is 12.0. The summed E-state index contributed by atoms with van der Waals surface area (Å²) >= 11 is 0. The Labute approximate surface area is 132 Å². The van der Waals surface area contributed by atoms with Crippen molar-refractivity contribution in [3.05, 3.63) is 41.1 Å². The average molecular weight is 297 g/mol. The number of nitrogens with zero attached hydrogens (tertiary/aromatic N) is 1. The molecule has 116 valence electrons. The second kappa shape index (κ2) is 6.47. The van der Waals surface area contributed by atoms with Crippen LogP contribution in [0.2, 0.25) is 0 Å². The number of rotatable bonds is 3. The van der Waals surface area contributed by atoms with Gasteiger partial charge in [-0.2, -0.15) is 0 Å². The Balaban J connectivity index is 1.77. The summed E-state index contributed by atoms with van der Waals surface area (Å²) in [7, 11) is 0. The Kier molecular flexibility index (Phi) is 4.41. The van der Waals surface area contributed by atoms with Gasteiger partial charge in [0.1, 0.15) is 0 Å². The number of aliphatic imine (C=N–C) groups is 1. The summed E-state index contributed by atoms with van der Waals surface area (Å²) in [6.45, 7) is 4.34. The van der Waals surface area contributed by atoms with Crippen LogP contribution in [0.15, 0.2) is 35.0 Å². The molecular formula is C19H23NO2. The van der Waals surface area contributed by atoms with Crippen LogP contribution < -0.4 is 0 Å². The molecule has 0 saturated heterocycles. The van der Waals surface area contributed by atoms with Crippen LogP contribution in [0.3, 0.4) is 0 Å². The van der Waals surface area contributed by atoms with Gasteiger partial charge in [-0.25, -0.2) is 9.79 Å². The number of carbonyl (C=O) groups is 1. The maximum Gasteiger partial charge on any atom is 0.363 e. The normalized spacial score (nSPS) is 21.3. The second-order valence-electron chi connectivity index (χ2n) is 6.53. The number of carbonyl (C=O) groups excluding carboxylic acids is 1. The van der Waals surface area contributed by atoms with Crippen molar-refractivity contribution in [2.24, 2.45) is 10.9 Å². The van der Waals surface area contributed by atoms with Gasteiger partial charge in [0.2, 0.25) is 5.90 Å². The molecule has 1 aliphatic heterocycles. The van der Waals surface area contributed by atoms with E-state index in [1.54, 1.807) is 0 Å². The molecule has 3 heteroatoms. The first-order chi connectivity index (χ1) is 10.6. The average Bonchev–Trinajstić information content (AvgIpc) is 2.90. The van der Waals surface area contributed by atoms with Crippen molar-refractivity contribution in [2.75, 3.05) is 0 Å². The summed E-state index contributed by atoms with van der Waals surface area (Å²) in [6.07, 6.45) is 7.68. The van der Waals surface area contributed by atoms with E-state index in [0.717, 1.165) is 18.4 Å². The monoisotopic (exact) mass is 297 g/mol. The highest BCUT2D eigenvalue weighted by atomic mass is 16.6. The molecule has 1 aromatic carbocycles. The summed E-state index contributed by atoms with van der Waals surface area (Å²) in [5.74, 6) is 1.16. The number of ether oxygens (including phenoxy) is 1. The maximum atomic E-state index is 12.0. The molecule has 1 aromatic rings. The lowest BCUT2D eigenvalue weighted by Crippen LogP contribution is -2.19. The van der Waals surface area contributed by atoms with E-state index >= 15 is 0 Å². The Morgan fingerprint density at radius 1 is 1.14 bits per heavy atom. The van der Waals surface area contributed by atoms with E-state index in [-0.39, 0.29) is 5.97 Å². The lowest BCUT2D eigenvalue weighted by atomic mass is 9.89. The molecule has 1 saturated carbocycles. The fraction of sp³-hybridized carbons (Fsp3) is 0.474. The Morgan fingerprint density at radius 2 is 1.82 bits per heavy atom. The third-order valence-corrected chi connectivity index (χ3v) is 4.50. The van der Waals surface area contributed by atoms with Crippen molar-refractivity contribution in [1.29, 1.82) is 0 Å². The minimum absolute atomic E-state index is 0.312. The van der Waals surface area contributed by atoms with Gasteiger partial charge in [-0.15, -0.1) is 0 Å². The molecule has 22 heavy (non-hydrogen) atoms. The van der Waals surface area contributed by atoms with Gasteiger partial charge in [-0.05, 0) is 36.0 Å². The van der Waals surface area contributed by atoms with Crippen LogP contribution in [0.1, 0.15) is 63.0 Å². The highest BCUT2D eigenvalue weighted by Gasteiger charge is 2.30. The van der Waals surface area contributed by atoms with E-state index in [0.29, 0.717) is 23.4 Å².